The maximum Gasteiger partial charge on any atom is 0.311 e. The fourth-order valence-corrected chi connectivity index (χ4v) is 15.0. The lowest BCUT2D eigenvalue weighted by molar-refractivity contribution is -0.318. The number of benzene rings is 1. The van der Waals surface area contributed by atoms with Gasteiger partial charge in [0.1, 0.15) is 35.7 Å². The van der Waals surface area contributed by atoms with Crippen molar-refractivity contribution >= 4 is 33.5 Å². The van der Waals surface area contributed by atoms with Crippen LogP contribution in [0.3, 0.4) is 0 Å². The van der Waals surface area contributed by atoms with Crippen molar-refractivity contribution in [3.05, 3.63) is 36.0 Å². The molecule has 4 aliphatic heterocycles. The number of aliphatic hydroxyl groups is 5. The monoisotopic (exact) mass is 1120 g/mol. The van der Waals surface area contributed by atoms with Crippen LogP contribution < -0.4 is 5.32 Å². The number of nitrogens with one attached hydrogen (secondary N) is 1. The van der Waals surface area contributed by atoms with Crippen LogP contribution in [0.5, 0.6) is 0 Å². The molecule has 0 spiro atoms. The van der Waals surface area contributed by atoms with Crippen LogP contribution in [0, 0.1) is 17.8 Å². The van der Waals surface area contributed by atoms with Gasteiger partial charge in [0, 0.05) is 74.2 Å². The van der Waals surface area contributed by atoms with Crippen LogP contribution in [-0.2, 0) is 51.1 Å². The van der Waals surface area contributed by atoms with Gasteiger partial charge in [-0.3, -0.25) is 19.2 Å². The number of unbranched alkanes of at least 4 members (excludes halogenated alkanes) is 1. The first-order valence-corrected chi connectivity index (χ1v) is 30.5. The highest BCUT2D eigenvalue weighted by molar-refractivity contribution is 8.77. The highest BCUT2D eigenvalue weighted by Gasteiger charge is 2.53. The fraction of sp³-hybridized carbons (Fsp3) is 0.821. The summed E-state index contributed by atoms with van der Waals surface area (Å²) in [5.41, 5.74) is -1.93. The lowest BCUT2D eigenvalue weighted by atomic mass is 9.77. The minimum atomic E-state index is -1.84. The standard InChI is InChI=1S/C56H94N6O13S2/c1-14-44-56(10,69)49(65)37(6)60(11)30-33(2)28-54(8,68)51(35(4)48(36(5)52(67)73-44)74-46-29-55(9,70-13)50(66)38(7)72-46)75-53-47(64)43(27-34(3)71-53)61(12)31-39-19-21-40(22-20-39)42-32-62(59-58-42)25-24-57-45(63)18-16-15-17-41-23-26-76-77-41/h19-22,32-38,41,43-44,46-51,53,64-66,68-69H,14-18,23-31H2,1-13H3,(H,57,63)/t33-,34-,35+,36-,37-,38+,41-,43+,44-,46+,47-,48+,49?,50+,51-,53+,54?,55-,56-/m1/s1. The van der Waals surface area contributed by atoms with Crippen LogP contribution in [0.1, 0.15) is 133 Å². The van der Waals surface area contributed by atoms with Gasteiger partial charge in [-0.05, 0) is 113 Å². The third-order valence-corrected chi connectivity index (χ3v) is 19.9. The second kappa shape index (κ2) is 28.0. The van der Waals surface area contributed by atoms with Gasteiger partial charge in [0.15, 0.2) is 12.6 Å². The van der Waals surface area contributed by atoms with E-state index in [1.54, 1.807) is 46.2 Å². The van der Waals surface area contributed by atoms with Gasteiger partial charge in [-0.1, -0.05) is 78.3 Å². The average molecular weight is 1120 g/mol. The van der Waals surface area contributed by atoms with Gasteiger partial charge in [-0.15, -0.1) is 5.10 Å². The van der Waals surface area contributed by atoms with Crippen LogP contribution in [-0.4, -0.2) is 198 Å². The van der Waals surface area contributed by atoms with Crippen molar-refractivity contribution in [2.45, 2.75) is 236 Å². The molecule has 4 aliphatic rings. The van der Waals surface area contributed by atoms with Crippen LogP contribution in [0.4, 0.5) is 0 Å². The second-order valence-corrected chi connectivity index (χ2v) is 26.4. The smallest absolute Gasteiger partial charge is 0.311 e. The molecule has 0 bridgehead atoms. The number of aliphatic hydroxyl groups excluding tert-OH is 3. The summed E-state index contributed by atoms with van der Waals surface area (Å²) in [6.07, 6.45) is -2.26. The van der Waals surface area contributed by atoms with Gasteiger partial charge in [0.25, 0.3) is 0 Å². The summed E-state index contributed by atoms with van der Waals surface area (Å²) >= 11 is 0. The Labute approximate surface area is 465 Å². The number of esters is 1. The van der Waals surface area contributed by atoms with Gasteiger partial charge < -0.3 is 64.2 Å². The molecule has 6 rings (SSSR count). The van der Waals surface area contributed by atoms with E-state index in [9.17, 15) is 35.1 Å². The second-order valence-electron chi connectivity index (χ2n) is 23.6. The lowest BCUT2D eigenvalue weighted by Gasteiger charge is -2.49. The van der Waals surface area contributed by atoms with E-state index < -0.39 is 102 Å². The molecular weight excluding hydrogens is 1030 g/mol. The maximum atomic E-state index is 14.5. The normalized spacial score (nSPS) is 39.2. The first-order chi connectivity index (χ1) is 36.3. The van der Waals surface area contributed by atoms with Crippen molar-refractivity contribution in [1.82, 2.24) is 30.1 Å². The largest absolute Gasteiger partial charge is 0.459 e. The molecule has 4 saturated heterocycles. The summed E-state index contributed by atoms with van der Waals surface area (Å²) < 4.78 is 40.2. The molecule has 19 atom stereocenters. The number of hydrogen-bond acceptors (Lipinski definition) is 19. The summed E-state index contributed by atoms with van der Waals surface area (Å²) in [5, 5.41) is 72.4. The lowest BCUT2D eigenvalue weighted by Crippen LogP contribution is -2.60. The maximum absolute atomic E-state index is 14.5. The molecule has 21 heteroatoms. The number of rotatable bonds is 18. The van der Waals surface area contributed by atoms with Crippen LogP contribution >= 0.6 is 21.6 Å². The Bertz CT molecular complexity index is 2150. The van der Waals surface area contributed by atoms with E-state index in [-0.39, 0.29) is 37.2 Å². The fourth-order valence-electron chi connectivity index (χ4n) is 12.0. The third kappa shape index (κ3) is 16.4. The number of methoxy groups -OCH3 is 1. The van der Waals surface area contributed by atoms with E-state index in [1.807, 2.05) is 91.8 Å². The van der Waals surface area contributed by atoms with Crippen LogP contribution in [0.25, 0.3) is 11.3 Å². The number of carbonyl (C=O) groups excluding carboxylic acids is 2. The molecule has 1 aromatic carbocycles. The summed E-state index contributed by atoms with van der Waals surface area (Å²) in [6.45, 7) is 19.5. The minimum Gasteiger partial charge on any atom is -0.459 e. The van der Waals surface area contributed by atoms with Crippen molar-refractivity contribution in [2.24, 2.45) is 17.8 Å². The van der Waals surface area contributed by atoms with E-state index in [4.69, 9.17) is 28.4 Å². The van der Waals surface area contributed by atoms with Crippen molar-refractivity contribution in [1.29, 1.82) is 0 Å². The molecule has 19 nitrogen and oxygen atoms in total. The molecule has 2 unspecified atom stereocenters. The third-order valence-electron chi connectivity index (χ3n) is 16.9. The summed E-state index contributed by atoms with van der Waals surface area (Å²) in [7, 11) is 9.23. The number of likely N-dealkylation sites (N-methyl/N-ethyl adjacent to an activating group) is 2. The van der Waals surface area contributed by atoms with Crippen molar-refractivity contribution in [3.8, 4) is 11.3 Å². The molecule has 1 aromatic heterocycles. The Morgan fingerprint density at radius 1 is 0.987 bits per heavy atom. The molecule has 2 aromatic rings. The molecule has 0 saturated carbocycles. The number of ether oxygens (including phenoxy) is 6. The van der Waals surface area contributed by atoms with Crippen molar-refractivity contribution in [2.75, 3.05) is 40.0 Å². The topological polar surface area (TPSA) is 240 Å². The first-order valence-electron chi connectivity index (χ1n) is 28.1. The zero-order chi connectivity index (χ0) is 56.6. The molecule has 4 fully saturated rings. The minimum absolute atomic E-state index is 0.0621. The van der Waals surface area contributed by atoms with Gasteiger partial charge in [-0.25, -0.2) is 0 Å². The molecule has 438 valence electrons. The number of cyclic esters (lactones) is 1. The zero-order valence-electron chi connectivity index (χ0n) is 48.1. The van der Waals surface area contributed by atoms with E-state index in [1.165, 1.54) is 32.6 Å². The van der Waals surface area contributed by atoms with Gasteiger partial charge in [-0.2, -0.15) is 0 Å². The van der Waals surface area contributed by atoms with E-state index >= 15 is 0 Å². The van der Waals surface area contributed by atoms with Gasteiger partial charge in [0.2, 0.25) is 5.91 Å². The SMILES string of the molecule is CC[C@H]1OC(=O)[C@H](C)[C@@H](O[C@H]2C[C@@](C)(OC)[C@@H](O)[C@H](C)O2)[C@H](C)[C@@H](O[C@@H]2O[C@H](C)C[C@H](N(C)Cc3ccc(-c4cn(CCNC(=O)CCCC[C@@H]5CCSS5)nn4)cc3)[C@H]2O)C(C)(O)C[C@@H](C)CN(C)[C@H](C)C(O)[C@]1(C)O. The van der Waals surface area contributed by atoms with Crippen molar-refractivity contribution < 1.29 is 63.5 Å². The number of aromatic nitrogens is 3. The van der Waals surface area contributed by atoms with E-state index in [2.05, 4.69) is 20.5 Å². The van der Waals surface area contributed by atoms with Crippen LogP contribution in [0.2, 0.25) is 0 Å². The van der Waals surface area contributed by atoms with Gasteiger partial charge >= 0.3 is 5.97 Å². The highest BCUT2D eigenvalue weighted by Crippen LogP contribution is 2.42. The average Bonchev–Trinajstić information content (AvgIpc) is 4.10. The van der Waals surface area contributed by atoms with E-state index in [0.717, 1.165) is 29.2 Å². The number of carbonyl (C=O) groups is 2. The summed E-state index contributed by atoms with van der Waals surface area (Å²) in [4.78, 5) is 31.0. The Kier molecular flexibility index (Phi) is 23.2. The summed E-state index contributed by atoms with van der Waals surface area (Å²) in [5.74, 6) is -1.50. The molecule has 0 aliphatic carbocycles. The predicted octanol–water partition coefficient (Wildman–Crippen LogP) is 5.56. The van der Waals surface area contributed by atoms with Crippen molar-refractivity contribution in [3.63, 3.8) is 0 Å². The molecular formula is C56H94N6O13S2. The Morgan fingerprint density at radius 3 is 2.36 bits per heavy atom. The van der Waals surface area contributed by atoms with Crippen LogP contribution in [0.15, 0.2) is 30.5 Å². The number of amides is 1. The summed E-state index contributed by atoms with van der Waals surface area (Å²) in [6, 6.07) is 7.03. The van der Waals surface area contributed by atoms with Gasteiger partial charge in [0.05, 0.1) is 54.3 Å². The number of hydrogen-bond donors (Lipinski definition) is 6. The molecule has 1 amide bonds. The zero-order valence-corrected chi connectivity index (χ0v) is 49.7. The Morgan fingerprint density at radius 2 is 1.70 bits per heavy atom. The molecule has 0 radical (unpaired) electrons. The predicted molar refractivity (Wildman–Crippen MR) is 297 cm³/mol. The molecule has 6 N–H and O–H groups in total. The first kappa shape index (κ1) is 63.7. The Hall–Kier alpha value is -2.48. The Balaban J connectivity index is 1.18. The molecule has 77 heavy (non-hydrogen) atoms. The quantitative estimate of drug-likeness (QED) is 0.0609. The highest BCUT2D eigenvalue weighted by atomic mass is 33.1. The molecule has 5 heterocycles. The van der Waals surface area contributed by atoms with E-state index in [0.29, 0.717) is 44.7 Å². The number of nitrogens with zero attached hydrogens (tertiary/aromatic N) is 5.